The van der Waals surface area contributed by atoms with Gasteiger partial charge in [-0.1, -0.05) is 19.3 Å². The van der Waals surface area contributed by atoms with Crippen molar-refractivity contribution in [3.63, 3.8) is 0 Å². The van der Waals surface area contributed by atoms with Gasteiger partial charge in [-0.05, 0) is 62.4 Å². The summed E-state index contributed by atoms with van der Waals surface area (Å²) in [6, 6.07) is 8.21. The van der Waals surface area contributed by atoms with E-state index in [1.165, 1.54) is 49.9 Å². The molecule has 4 fully saturated rings. The highest BCUT2D eigenvalue weighted by Gasteiger charge is 2.42. The number of piperidine rings is 3. The molecule has 4 aliphatic heterocycles. The van der Waals surface area contributed by atoms with Crippen LogP contribution >= 0.6 is 0 Å². The van der Waals surface area contributed by atoms with Crippen LogP contribution in [0.3, 0.4) is 0 Å². The lowest BCUT2D eigenvalue weighted by atomic mass is 9.74. The molecule has 5 heterocycles. The second-order valence-electron chi connectivity index (χ2n) is 10.3. The predicted octanol–water partition coefficient (Wildman–Crippen LogP) is 3.80. The van der Waals surface area contributed by atoms with Gasteiger partial charge >= 0.3 is 0 Å². The van der Waals surface area contributed by atoms with E-state index >= 15 is 0 Å². The van der Waals surface area contributed by atoms with Crippen LogP contribution in [-0.4, -0.2) is 53.1 Å². The minimum absolute atomic E-state index is 0.0451. The highest BCUT2D eigenvalue weighted by Crippen LogP contribution is 2.43. The Bertz CT molecular complexity index is 1030. The van der Waals surface area contributed by atoms with Crippen LogP contribution in [0, 0.1) is 5.92 Å². The molecule has 1 aromatic carbocycles. The maximum Gasteiger partial charge on any atom is 0.251 e. The number of fused-ring (bicyclic) bond motifs is 4. The Labute approximate surface area is 195 Å². The van der Waals surface area contributed by atoms with Crippen molar-refractivity contribution < 1.29 is 14.3 Å². The first-order chi connectivity index (χ1) is 16.2. The SMILES string of the molecule is Cn1nc(C2CCCCC2)cc1[C@@H]1CN2CC[C@H]1C[C@@H]2CNC(=O)c1ccc2c(c1)OCO2. The number of amides is 1. The molecule has 7 nitrogen and oxygen atoms in total. The zero-order valence-corrected chi connectivity index (χ0v) is 19.5. The molecule has 1 N–H and O–H groups in total. The van der Waals surface area contributed by atoms with Crippen LogP contribution in [0.2, 0.25) is 0 Å². The van der Waals surface area contributed by atoms with Gasteiger partial charge in [-0.15, -0.1) is 0 Å². The molecule has 4 atom stereocenters. The van der Waals surface area contributed by atoms with E-state index < -0.39 is 0 Å². The molecule has 2 aromatic rings. The number of carbonyl (C=O) groups excluding carboxylic acids is 1. The second kappa shape index (κ2) is 8.67. The Morgan fingerprint density at radius 3 is 2.79 bits per heavy atom. The van der Waals surface area contributed by atoms with E-state index in [0.717, 1.165) is 19.5 Å². The summed E-state index contributed by atoms with van der Waals surface area (Å²) in [5.74, 6) is 3.17. The van der Waals surface area contributed by atoms with Crippen molar-refractivity contribution in [2.45, 2.75) is 62.8 Å². The van der Waals surface area contributed by atoms with Crippen molar-refractivity contribution >= 4 is 5.91 Å². The largest absolute Gasteiger partial charge is 0.454 e. The molecular weight excluding hydrogens is 416 g/mol. The van der Waals surface area contributed by atoms with Crippen molar-refractivity contribution in [2.24, 2.45) is 13.0 Å². The zero-order chi connectivity index (χ0) is 22.4. The summed E-state index contributed by atoms with van der Waals surface area (Å²) in [6.07, 6.45) is 9.02. The smallest absolute Gasteiger partial charge is 0.251 e. The molecule has 7 rings (SSSR count). The van der Waals surface area contributed by atoms with Gasteiger partial charge in [0.1, 0.15) is 0 Å². The van der Waals surface area contributed by atoms with E-state index in [4.69, 9.17) is 14.6 Å². The topological polar surface area (TPSA) is 68.6 Å². The molecule has 1 unspecified atom stereocenters. The lowest BCUT2D eigenvalue weighted by Gasteiger charge is -2.50. The van der Waals surface area contributed by atoms with E-state index in [1.54, 1.807) is 12.1 Å². The average Bonchev–Trinajstić information content (AvgIpc) is 3.49. The van der Waals surface area contributed by atoms with Crippen molar-refractivity contribution in [1.29, 1.82) is 0 Å². The molecule has 0 radical (unpaired) electrons. The quantitative estimate of drug-likeness (QED) is 0.750. The number of benzene rings is 1. The molecule has 1 amide bonds. The van der Waals surface area contributed by atoms with Crippen molar-refractivity contribution in [1.82, 2.24) is 20.0 Å². The summed E-state index contributed by atoms with van der Waals surface area (Å²) in [4.78, 5) is 15.3. The van der Waals surface area contributed by atoms with E-state index in [-0.39, 0.29) is 12.7 Å². The maximum absolute atomic E-state index is 12.7. The monoisotopic (exact) mass is 450 g/mol. The number of hydrogen-bond acceptors (Lipinski definition) is 5. The van der Waals surface area contributed by atoms with Gasteiger partial charge in [0.25, 0.3) is 5.91 Å². The number of nitrogens with zero attached hydrogens (tertiary/aromatic N) is 3. The average molecular weight is 451 g/mol. The van der Waals surface area contributed by atoms with Crippen LogP contribution in [-0.2, 0) is 7.05 Å². The molecule has 0 spiro atoms. The molecule has 1 aromatic heterocycles. The number of aromatic nitrogens is 2. The number of nitrogens with one attached hydrogen (secondary N) is 1. The summed E-state index contributed by atoms with van der Waals surface area (Å²) < 4.78 is 12.9. The highest BCUT2D eigenvalue weighted by molar-refractivity contribution is 5.94. The first kappa shape index (κ1) is 21.0. The van der Waals surface area contributed by atoms with Gasteiger partial charge in [-0.2, -0.15) is 5.10 Å². The zero-order valence-electron chi connectivity index (χ0n) is 19.5. The van der Waals surface area contributed by atoms with Gasteiger partial charge in [0.15, 0.2) is 11.5 Å². The maximum atomic E-state index is 12.7. The molecular formula is C26H34N4O3. The normalized spacial score (nSPS) is 28.8. The van der Waals surface area contributed by atoms with E-state index in [2.05, 4.69) is 28.0 Å². The van der Waals surface area contributed by atoms with Gasteiger partial charge in [-0.3, -0.25) is 14.4 Å². The fourth-order valence-corrected chi connectivity index (χ4v) is 6.49. The first-order valence-electron chi connectivity index (χ1n) is 12.6. The molecule has 1 saturated carbocycles. The van der Waals surface area contributed by atoms with Crippen LogP contribution in [0.4, 0.5) is 0 Å². The van der Waals surface area contributed by atoms with Crippen LogP contribution in [0.5, 0.6) is 11.5 Å². The summed E-state index contributed by atoms with van der Waals surface area (Å²) in [7, 11) is 2.13. The Balaban J connectivity index is 1.09. The predicted molar refractivity (Wildman–Crippen MR) is 125 cm³/mol. The van der Waals surface area contributed by atoms with Gasteiger partial charge in [-0.25, -0.2) is 0 Å². The summed E-state index contributed by atoms with van der Waals surface area (Å²) in [5, 5.41) is 8.12. The number of aryl methyl sites for hydroxylation is 1. The molecule has 5 aliphatic rings. The van der Waals surface area contributed by atoms with Crippen molar-refractivity contribution in [3.05, 3.63) is 41.2 Å². The summed E-state index contributed by atoms with van der Waals surface area (Å²) in [6.45, 7) is 3.10. The van der Waals surface area contributed by atoms with Crippen LogP contribution in [0.15, 0.2) is 24.3 Å². The van der Waals surface area contributed by atoms with Gasteiger partial charge in [0.05, 0.1) is 5.69 Å². The van der Waals surface area contributed by atoms with Gasteiger partial charge < -0.3 is 14.8 Å². The Morgan fingerprint density at radius 2 is 1.97 bits per heavy atom. The second-order valence-corrected chi connectivity index (χ2v) is 10.3. The Kier molecular flexibility index (Phi) is 5.52. The lowest BCUT2D eigenvalue weighted by molar-refractivity contribution is 0.0280. The number of carbonyl (C=O) groups is 1. The van der Waals surface area contributed by atoms with Crippen LogP contribution < -0.4 is 14.8 Å². The van der Waals surface area contributed by atoms with Gasteiger partial charge in [0, 0.05) is 49.3 Å². The van der Waals surface area contributed by atoms with Crippen molar-refractivity contribution in [2.75, 3.05) is 26.4 Å². The molecule has 1 aliphatic carbocycles. The molecule has 2 bridgehead atoms. The Morgan fingerprint density at radius 1 is 1.12 bits per heavy atom. The van der Waals surface area contributed by atoms with E-state index in [1.807, 2.05) is 6.07 Å². The minimum Gasteiger partial charge on any atom is -0.454 e. The number of ether oxygens (including phenoxy) is 2. The minimum atomic E-state index is -0.0451. The summed E-state index contributed by atoms with van der Waals surface area (Å²) in [5.41, 5.74) is 3.35. The number of hydrogen-bond donors (Lipinski definition) is 1. The number of rotatable bonds is 5. The Hall–Kier alpha value is -2.54. The fraction of sp³-hybridized carbons (Fsp3) is 0.615. The van der Waals surface area contributed by atoms with Gasteiger partial charge in [0.2, 0.25) is 6.79 Å². The molecule has 176 valence electrons. The fourth-order valence-electron chi connectivity index (χ4n) is 6.49. The molecule has 3 saturated heterocycles. The third kappa shape index (κ3) is 4.01. The third-order valence-electron chi connectivity index (χ3n) is 8.35. The van der Waals surface area contributed by atoms with Crippen molar-refractivity contribution in [3.8, 4) is 11.5 Å². The van der Waals surface area contributed by atoms with Crippen LogP contribution in [0.1, 0.15) is 78.5 Å². The molecule has 33 heavy (non-hydrogen) atoms. The first-order valence-corrected chi connectivity index (χ1v) is 12.6. The standard InChI is InChI=1S/C26H34N4O3/c1-29-23(13-22(28-29)17-5-3-2-4-6-17)21-15-30-10-9-18(21)11-20(30)14-27-26(31)19-7-8-24-25(12-19)33-16-32-24/h7-8,12-13,17-18,20-21H,2-6,9-11,14-16H2,1H3,(H,27,31)/t18-,20+,21+/m0/s1. The highest BCUT2D eigenvalue weighted by atomic mass is 16.7. The summed E-state index contributed by atoms with van der Waals surface area (Å²) >= 11 is 0. The van der Waals surface area contributed by atoms with E-state index in [9.17, 15) is 4.79 Å². The van der Waals surface area contributed by atoms with E-state index in [0.29, 0.717) is 47.4 Å². The lowest BCUT2D eigenvalue weighted by Crippen LogP contribution is -2.56. The third-order valence-corrected chi connectivity index (χ3v) is 8.35. The van der Waals surface area contributed by atoms with Crippen LogP contribution in [0.25, 0.3) is 0 Å². The molecule has 7 heteroatoms.